The molecule has 0 aliphatic rings. The number of rotatable bonds is 0. The molecule has 0 aromatic carbocycles. The fourth-order valence-electron chi connectivity index (χ4n) is 1.57. The first-order valence-electron chi connectivity index (χ1n) is 4.24. The van der Waals surface area contributed by atoms with Crippen LogP contribution < -0.4 is 0 Å². The van der Waals surface area contributed by atoms with Gasteiger partial charge in [0.05, 0.1) is 17.0 Å². The highest BCUT2D eigenvalue weighted by atomic mass is 127. The molecular weight excluding hydrogens is 343 g/mol. The third kappa shape index (κ3) is 1.20. The van der Waals surface area contributed by atoms with Gasteiger partial charge in [-0.1, -0.05) is 0 Å². The topological polar surface area (TPSA) is 0 Å². The molecule has 14 heavy (non-hydrogen) atoms. The highest BCUT2D eigenvalue weighted by molar-refractivity contribution is 14.1. The summed E-state index contributed by atoms with van der Waals surface area (Å²) >= 11 is 8.22. The molecule has 0 fully saturated rings. The highest BCUT2D eigenvalue weighted by Gasteiger charge is 2.13. The molecule has 0 bridgehead atoms. The minimum Gasteiger partial charge on any atom is -0.138 e. The van der Waals surface area contributed by atoms with Gasteiger partial charge in [-0.3, -0.25) is 0 Å². The zero-order chi connectivity index (χ0) is 9.87. The van der Waals surface area contributed by atoms with Gasteiger partial charge in [-0.05, 0) is 48.1 Å². The van der Waals surface area contributed by atoms with Crippen LogP contribution in [0.4, 0.5) is 0 Å². The number of fused-ring (bicyclic) bond motifs is 3. The normalized spacial score (nSPS) is 11.9. The summed E-state index contributed by atoms with van der Waals surface area (Å²) in [6.45, 7) is 4.45. The van der Waals surface area contributed by atoms with Crippen LogP contribution in [0, 0.1) is 16.7 Å². The minimum absolute atomic E-state index is 1.40. The molecule has 0 spiro atoms. The minimum atomic E-state index is 1.40. The summed E-state index contributed by atoms with van der Waals surface area (Å²) in [5.41, 5.74) is 1.48. The molecule has 0 saturated carbocycles. The van der Waals surface area contributed by atoms with Crippen molar-refractivity contribution in [2.45, 2.75) is 13.8 Å². The maximum Gasteiger partial charge on any atom is 0.0674 e. The van der Waals surface area contributed by atoms with Crippen molar-refractivity contribution in [3.8, 4) is 0 Å². The quantitative estimate of drug-likeness (QED) is 0.476. The van der Waals surface area contributed by atoms with Crippen LogP contribution in [0.25, 0.3) is 18.8 Å². The van der Waals surface area contributed by atoms with Gasteiger partial charge in [-0.25, -0.2) is 0 Å². The van der Waals surface area contributed by atoms with Crippen LogP contribution in [-0.2, 0) is 0 Å². The molecule has 0 aliphatic carbocycles. The fourth-order valence-corrected chi connectivity index (χ4v) is 6.60. The van der Waals surface area contributed by atoms with E-state index >= 15 is 0 Å². The highest BCUT2D eigenvalue weighted by Crippen LogP contribution is 2.45. The van der Waals surface area contributed by atoms with Crippen LogP contribution in [0.3, 0.4) is 0 Å². The second kappa shape index (κ2) is 3.17. The third-order valence-corrected chi connectivity index (χ3v) is 7.20. The van der Waals surface area contributed by atoms with Crippen LogP contribution in [0.1, 0.15) is 10.4 Å². The molecule has 3 heterocycles. The monoisotopic (exact) mass is 350 g/mol. The predicted molar refractivity (Wildman–Crippen MR) is 77.3 cm³/mol. The molecule has 4 heteroatoms. The Morgan fingerprint density at radius 3 is 2.57 bits per heavy atom. The van der Waals surface area contributed by atoms with E-state index in [-0.39, 0.29) is 0 Å². The zero-order valence-corrected chi connectivity index (χ0v) is 12.3. The van der Waals surface area contributed by atoms with Crippen molar-refractivity contribution >= 4 is 75.4 Å². The average Bonchev–Trinajstić information content (AvgIpc) is 2.69. The van der Waals surface area contributed by atoms with Crippen LogP contribution in [0.5, 0.6) is 0 Å². The molecule has 0 saturated heterocycles. The van der Waals surface area contributed by atoms with E-state index in [1.807, 2.05) is 34.0 Å². The van der Waals surface area contributed by atoms with Gasteiger partial charge in [0.15, 0.2) is 0 Å². The standard InChI is InChI=1S/C10H7IS3/c1-4-5(2)12-10-8(4)13-6-3-7(11)14-9(6)10/h3H,1-2H3. The van der Waals surface area contributed by atoms with E-state index in [0.29, 0.717) is 0 Å². The molecule has 3 aromatic heterocycles. The first-order chi connectivity index (χ1) is 6.66. The summed E-state index contributed by atoms with van der Waals surface area (Å²) in [6, 6.07) is 2.30. The van der Waals surface area contributed by atoms with Gasteiger partial charge in [0.1, 0.15) is 0 Å². The second-order valence-corrected chi connectivity index (χ2v) is 8.51. The first kappa shape index (κ1) is 9.57. The Labute approximate surface area is 108 Å². The lowest BCUT2D eigenvalue weighted by molar-refractivity contribution is 1.48. The van der Waals surface area contributed by atoms with Crippen molar-refractivity contribution in [2.24, 2.45) is 0 Å². The van der Waals surface area contributed by atoms with Gasteiger partial charge in [-0.15, -0.1) is 34.0 Å². The summed E-state index contributed by atoms with van der Waals surface area (Å²) < 4.78 is 7.37. The summed E-state index contributed by atoms with van der Waals surface area (Å²) in [7, 11) is 0. The van der Waals surface area contributed by atoms with E-state index in [1.54, 1.807) is 0 Å². The molecule has 3 rings (SSSR count). The molecule has 72 valence electrons. The Hall–Kier alpha value is 0.350. The van der Waals surface area contributed by atoms with Gasteiger partial charge in [0, 0.05) is 9.58 Å². The Kier molecular flexibility index (Phi) is 2.17. The molecule has 0 radical (unpaired) electrons. The molecule has 0 N–H and O–H groups in total. The van der Waals surface area contributed by atoms with Crippen molar-refractivity contribution in [3.63, 3.8) is 0 Å². The van der Waals surface area contributed by atoms with Gasteiger partial charge in [-0.2, -0.15) is 0 Å². The maximum absolute atomic E-state index is 2.41. The Morgan fingerprint density at radius 1 is 1.00 bits per heavy atom. The number of hydrogen-bond donors (Lipinski definition) is 0. The molecule has 3 aromatic rings. The molecular formula is C10H7IS3. The van der Waals surface area contributed by atoms with Crippen molar-refractivity contribution < 1.29 is 0 Å². The summed E-state index contributed by atoms with van der Waals surface area (Å²) in [6.07, 6.45) is 0. The van der Waals surface area contributed by atoms with Gasteiger partial charge >= 0.3 is 0 Å². The summed E-state index contributed by atoms with van der Waals surface area (Å²) in [5, 5.41) is 0. The Morgan fingerprint density at radius 2 is 1.79 bits per heavy atom. The summed E-state index contributed by atoms with van der Waals surface area (Å²) in [4.78, 5) is 1.47. The average molecular weight is 350 g/mol. The maximum atomic E-state index is 2.41. The lowest BCUT2D eigenvalue weighted by Gasteiger charge is -1.84. The van der Waals surface area contributed by atoms with Crippen molar-refractivity contribution in [2.75, 3.05) is 0 Å². The van der Waals surface area contributed by atoms with E-state index in [9.17, 15) is 0 Å². The second-order valence-electron chi connectivity index (χ2n) is 3.29. The molecule has 0 aliphatic heterocycles. The van der Waals surface area contributed by atoms with E-state index < -0.39 is 0 Å². The van der Waals surface area contributed by atoms with E-state index in [2.05, 4.69) is 42.5 Å². The number of thiophene rings is 3. The van der Waals surface area contributed by atoms with Crippen molar-refractivity contribution in [1.82, 2.24) is 0 Å². The summed E-state index contributed by atoms with van der Waals surface area (Å²) in [5.74, 6) is 0. The van der Waals surface area contributed by atoms with E-state index in [4.69, 9.17) is 0 Å². The SMILES string of the molecule is Cc1sc2c(sc3cc(I)sc32)c1C. The third-order valence-electron chi connectivity index (χ3n) is 2.42. The predicted octanol–water partition coefficient (Wildman–Crippen LogP) is 5.40. The first-order valence-corrected chi connectivity index (χ1v) is 7.77. The van der Waals surface area contributed by atoms with Gasteiger partial charge < -0.3 is 0 Å². The lowest BCUT2D eigenvalue weighted by Crippen LogP contribution is -1.64. The zero-order valence-electron chi connectivity index (χ0n) is 7.68. The molecule has 0 atom stereocenters. The lowest BCUT2D eigenvalue weighted by atomic mass is 10.3. The smallest absolute Gasteiger partial charge is 0.0674 e. The number of halogens is 1. The van der Waals surface area contributed by atoms with Crippen LogP contribution in [0.15, 0.2) is 6.07 Å². The van der Waals surface area contributed by atoms with Crippen LogP contribution in [0.2, 0.25) is 0 Å². The molecule has 0 unspecified atom stereocenters. The number of hydrogen-bond acceptors (Lipinski definition) is 3. The fraction of sp³-hybridized carbons (Fsp3) is 0.200. The Balaban J connectivity index is 2.56. The van der Waals surface area contributed by atoms with E-state index in [0.717, 1.165) is 0 Å². The van der Waals surface area contributed by atoms with Gasteiger partial charge in [0.25, 0.3) is 0 Å². The number of aryl methyl sites for hydroxylation is 2. The molecule has 0 amide bonds. The van der Waals surface area contributed by atoms with Crippen molar-refractivity contribution in [1.29, 1.82) is 0 Å². The van der Waals surface area contributed by atoms with E-state index in [1.165, 1.54) is 32.1 Å². The van der Waals surface area contributed by atoms with Gasteiger partial charge in [0.2, 0.25) is 0 Å². The molecule has 0 nitrogen and oxygen atoms in total. The largest absolute Gasteiger partial charge is 0.138 e. The van der Waals surface area contributed by atoms with Crippen LogP contribution in [-0.4, -0.2) is 0 Å². The van der Waals surface area contributed by atoms with Crippen molar-refractivity contribution in [3.05, 3.63) is 19.4 Å². The van der Waals surface area contributed by atoms with Crippen LogP contribution >= 0.6 is 56.6 Å². The Bertz CT molecular complexity index is 626.